The van der Waals surface area contributed by atoms with Gasteiger partial charge >= 0.3 is 18.1 Å². The van der Waals surface area contributed by atoms with Crippen LogP contribution in [0.15, 0.2) is 46.1 Å². The molecule has 0 aromatic heterocycles. The standard InChI is InChI=1S/C21H15BrF5NO6/c1-31-19(29)12-8-33-9-28(17(12)20(30)32-2)11-3-4-13(22)16(7-11)34-18-14(23)5-10(6-15(18)24)21(25,26)27/h3-7H,8-9H2,1-2H3. The van der Waals surface area contributed by atoms with Gasteiger partial charge in [-0.3, -0.25) is 0 Å². The summed E-state index contributed by atoms with van der Waals surface area (Å²) in [5, 5.41) is 0. The molecule has 2 aromatic carbocycles. The SMILES string of the molecule is COC(=O)C1=C(C(=O)OC)N(c2ccc(Br)c(Oc3c(F)cc(C(F)(F)F)cc3F)c2)COC1. The number of methoxy groups -OCH3 is 2. The van der Waals surface area contributed by atoms with Gasteiger partial charge in [-0.15, -0.1) is 0 Å². The maximum atomic E-state index is 14.3. The molecule has 2 aromatic rings. The molecule has 34 heavy (non-hydrogen) atoms. The van der Waals surface area contributed by atoms with E-state index in [1.165, 1.54) is 23.1 Å². The highest BCUT2D eigenvalue weighted by atomic mass is 79.9. The summed E-state index contributed by atoms with van der Waals surface area (Å²) in [6, 6.07) is 4.30. The molecule has 0 bridgehead atoms. The second kappa shape index (κ2) is 9.97. The van der Waals surface area contributed by atoms with Crippen LogP contribution in [-0.2, 0) is 30.0 Å². The average Bonchev–Trinajstić information content (AvgIpc) is 2.80. The van der Waals surface area contributed by atoms with Gasteiger partial charge in [0.25, 0.3) is 0 Å². The van der Waals surface area contributed by atoms with Crippen LogP contribution in [0.3, 0.4) is 0 Å². The Morgan fingerprint density at radius 1 is 1.03 bits per heavy atom. The number of hydrogen-bond donors (Lipinski definition) is 0. The number of alkyl halides is 3. The van der Waals surface area contributed by atoms with Gasteiger partial charge < -0.3 is 23.8 Å². The van der Waals surface area contributed by atoms with E-state index in [1.54, 1.807) is 0 Å². The third kappa shape index (κ3) is 5.14. The molecule has 13 heteroatoms. The molecule has 0 atom stereocenters. The maximum Gasteiger partial charge on any atom is 0.416 e. The van der Waals surface area contributed by atoms with Gasteiger partial charge in [-0.2, -0.15) is 13.2 Å². The number of nitrogens with zero attached hydrogens (tertiary/aromatic N) is 1. The predicted octanol–water partition coefficient (Wildman–Crippen LogP) is 4.93. The smallest absolute Gasteiger partial charge is 0.416 e. The van der Waals surface area contributed by atoms with Crippen molar-refractivity contribution in [3.63, 3.8) is 0 Å². The summed E-state index contributed by atoms with van der Waals surface area (Å²) in [5.74, 6) is -6.14. The van der Waals surface area contributed by atoms with Gasteiger partial charge in [0.15, 0.2) is 17.4 Å². The summed E-state index contributed by atoms with van der Waals surface area (Å²) in [4.78, 5) is 25.8. The van der Waals surface area contributed by atoms with Crippen LogP contribution in [0, 0.1) is 11.6 Å². The fourth-order valence-electron chi connectivity index (χ4n) is 3.02. The van der Waals surface area contributed by atoms with Crippen molar-refractivity contribution in [2.75, 3.05) is 32.5 Å². The Morgan fingerprint density at radius 3 is 2.21 bits per heavy atom. The van der Waals surface area contributed by atoms with Gasteiger partial charge in [-0.25, -0.2) is 18.4 Å². The van der Waals surface area contributed by atoms with E-state index in [9.17, 15) is 31.5 Å². The summed E-state index contributed by atoms with van der Waals surface area (Å²) >= 11 is 3.13. The number of esters is 2. The number of rotatable bonds is 5. The third-order valence-electron chi connectivity index (χ3n) is 4.60. The average molecular weight is 552 g/mol. The first-order valence-electron chi connectivity index (χ1n) is 9.26. The second-order valence-corrected chi connectivity index (χ2v) is 7.55. The van der Waals surface area contributed by atoms with Crippen molar-refractivity contribution in [3.8, 4) is 11.5 Å². The Morgan fingerprint density at radius 2 is 1.65 bits per heavy atom. The first-order chi connectivity index (χ1) is 16.0. The normalized spacial score (nSPS) is 14.2. The van der Waals surface area contributed by atoms with Crippen molar-refractivity contribution in [2.24, 2.45) is 0 Å². The number of carbonyl (C=O) groups is 2. The number of ether oxygens (including phenoxy) is 4. The number of carbonyl (C=O) groups excluding carboxylic acids is 2. The molecule has 3 rings (SSSR count). The van der Waals surface area contributed by atoms with Crippen LogP contribution in [0.2, 0.25) is 0 Å². The number of anilines is 1. The summed E-state index contributed by atoms with van der Waals surface area (Å²) in [7, 11) is 2.21. The van der Waals surface area contributed by atoms with Crippen LogP contribution >= 0.6 is 15.9 Å². The zero-order chi connectivity index (χ0) is 25.2. The lowest BCUT2D eigenvalue weighted by molar-refractivity contribution is -0.140. The molecule has 0 spiro atoms. The van der Waals surface area contributed by atoms with Gasteiger partial charge in [0, 0.05) is 11.8 Å². The fraction of sp³-hybridized carbons (Fsp3) is 0.238. The Balaban J connectivity index is 2.04. The highest BCUT2D eigenvalue weighted by Crippen LogP contribution is 2.39. The van der Waals surface area contributed by atoms with E-state index in [-0.39, 0.29) is 52.7 Å². The molecular weight excluding hydrogens is 537 g/mol. The lowest BCUT2D eigenvalue weighted by atomic mass is 10.1. The topological polar surface area (TPSA) is 74.3 Å². The molecule has 7 nitrogen and oxygen atoms in total. The minimum absolute atomic E-state index is 0.107. The zero-order valence-corrected chi connectivity index (χ0v) is 19.1. The molecule has 0 amide bonds. The van der Waals surface area contributed by atoms with Crippen LogP contribution in [0.4, 0.5) is 27.6 Å². The first-order valence-corrected chi connectivity index (χ1v) is 10.1. The molecule has 1 aliphatic heterocycles. The van der Waals surface area contributed by atoms with E-state index >= 15 is 0 Å². The minimum atomic E-state index is -4.96. The van der Waals surface area contributed by atoms with E-state index in [4.69, 9.17) is 14.2 Å². The lowest BCUT2D eigenvalue weighted by Gasteiger charge is -2.31. The number of benzene rings is 2. The third-order valence-corrected chi connectivity index (χ3v) is 5.25. The zero-order valence-electron chi connectivity index (χ0n) is 17.5. The van der Waals surface area contributed by atoms with Gasteiger partial charge in [0.05, 0.1) is 36.4 Å². The van der Waals surface area contributed by atoms with Crippen LogP contribution in [-0.4, -0.2) is 39.5 Å². The molecule has 0 saturated carbocycles. The molecule has 0 N–H and O–H groups in total. The molecule has 1 heterocycles. The molecular formula is C21H15BrF5NO6. The van der Waals surface area contributed by atoms with E-state index in [1.807, 2.05) is 0 Å². The van der Waals surface area contributed by atoms with Crippen molar-refractivity contribution in [3.05, 3.63) is 63.3 Å². The van der Waals surface area contributed by atoms with Crippen LogP contribution in [0.1, 0.15) is 5.56 Å². The number of halogens is 6. The largest absolute Gasteiger partial charge is 0.466 e. The van der Waals surface area contributed by atoms with Crippen molar-refractivity contribution >= 4 is 33.6 Å². The van der Waals surface area contributed by atoms with Gasteiger partial charge in [-0.1, -0.05) is 0 Å². The van der Waals surface area contributed by atoms with E-state index in [0.717, 1.165) is 14.2 Å². The molecule has 0 aliphatic carbocycles. The van der Waals surface area contributed by atoms with Crippen LogP contribution in [0.5, 0.6) is 11.5 Å². The maximum absolute atomic E-state index is 14.3. The first kappa shape index (κ1) is 25.4. The summed E-state index contributed by atoms with van der Waals surface area (Å²) in [6.07, 6.45) is -4.96. The quantitative estimate of drug-likeness (QED) is 0.385. The lowest BCUT2D eigenvalue weighted by Crippen LogP contribution is -2.38. The Hall–Kier alpha value is -3.19. The van der Waals surface area contributed by atoms with Gasteiger partial charge in [-0.05, 0) is 40.2 Å². The predicted molar refractivity (Wildman–Crippen MR) is 110 cm³/mol. The Kier molecular flexibility index (Phi) is 7.46. The second-order valence-electron chi connectivity index (χ2n) is 6.70. The fourth-order valence-corrected chi connectivity index (χ4v) is 3.34. The van der Waals surface area contributed by atoms with Crippen molar-refractivity contribution in [1.29, 1.82) is 0 Å². The highest BCUT2D eigenvalue weighted by Gasteiger charge is 2.34. The Bertz CT molecular complexity index is 1140. The Labute approximate surface area is 197 Å². The van der Waals surface area contributed by atoms with Crippen molar-refractivity contribution < 1.29 is 50.5 Å². The van der Waals surface area contributed by atoms with Crippen molar-refractivity contribution in [2.45, 2.75) is 6.18 Å². The van der Waals surface area contributed by atoms with Crippen molar-refractivity contribution in [1.82, 2.24) is 0 Å². The van der Waals surface area contributed by atoms with E-state index in [2.05, 4.69) is 20.7 Å². The molecule has 182 valence electrons. The molecule has 1 aliphatic rings. The highest BCUT2D eigenvalue weighted by molar-refractivity contribution is 9.10. The molecule has 0 fully saturated rings. The van der Waals surface area contributed by atoms with E-state index in [0.29, 0.717) is 0 Å². The molecule has 0 radical (unpaired) electrons. The number of hydrogen-bond acceptors (Lipinski definition) is 7. The molecule has 0 unspecified atom stereocenters. The monoisotopic (exact) mass is 551 g/mol. The van der Waals surface area contributed by atoms with Crippen LogP contribution in [0.25, 0.3) is 0 Å². The summed E-state index contributed by atoms with van der Waals surface area (Å²) in [5.41, 5.74) is -1.67. The van der Waals surface area contributed by atoms with Crippen LogP contribution < -0.4 is 9.64 Å². The van der Waals surface area contributed by atoms with Gasteiger partial charge in [0.2, 0.25) is 0 Å². The summed E-state index contributed by atoms with van der Waals surface area (Å²) < 4.78 is 87.1. The van der Waals surface area contributed by atoms with Gasteiger partial charge in [0.1, 0.15) is 18.2 Å². The summed E-state index contributed by atoms with van der Waals surface area (Å²) in [6.45, 7) is -0.454. The minimum Gasteiger partial charge on any atom is -0.466 e. The van der Waals surface area contributed by atoms with E-state index < -0.39 is 41.1 Å². The molecule has 0 saturated heterocycles.